The van der Waals surface area contributed by atoms with E-state index in [-0.39, 0.29) is 30.2 Å². The molecule has 0 unspecified atom stereocenters. The summed E-state index contributed by atoms with van der Waals surface area (Å²) in [5, 5.41) is 5.77. The van der Waals surface area contributed by atoms with Crippen LogP contribution in [0.25, 0.3) is 0 Å². The molecular weight excluding hydrogens is 314 g/mol. The smallest absolute Gasteiger partial charge is 0.226 e. The second-order valence-corrected chi connectivity index (χ2v) is 7.96. The second-order valence-electron chi connectivity index (χ2n) is 7.10. The van der Waals surface area contributed by atoms with E-state index in [9.17, 15) is 9.59 Å². The minimum absolute atomic E-state index is 0.0164. The molecule has 1 aliphatic heterocycles. The number of hydrogen-bond donors (Lipinski definition) is 2. The molecule has 1 aliphatic rings. The molecule has 128 valence electrons. The Kier molecular flexibility index (Phi) is 5.41. The van der Waals surface area contributed by atoms with Gasteiger partial charge in [0, 0.05) is 30.6 Å². The number of nitrogens with one attached hydrogen (secondary N) is 1. The lowest BCUT2D eigenvalue weighted by Gasteiger charge is -2.34. The third-order valence-electron chi connectivity index (χ3n) is 4.13. The summed E-state index contributed by atoms with van der Waals surface area (Å²) in [6.45, 7) is 7.55. The lowest BCUT2D eigenvalue weighted by molar-refractivity contribution is -0.133. The number of carbonyl (C=O) groups is 2. The minimum Gasteiger partial charge on any atom is -0.381 e. The van der Waals surface area contributed by atoms with Gasteiger partial charge in [-0.2, -0.15) is 0 Å². The first-order valence-corrected chi connectivity index (χ1v) is 8.70. The van der Waals surface area contributed by atoms with Gasteiger partial charge in [0.1, 0.15) is 0 Å². The predicted molar refractivity (Wildman–Crippen MR) is 89.2 cm³/mol. The Hall–Kier alpha value is -1.47. The molecule has 3 N–H and O–H groups in total. The molecule has 0 radical (unpaired) electrons. The average Bonchev–Trinajstić information content (AvgIpc) is 2.94. The molecule has 1 saturated heterocycles. The van der Waals surface area contributed by atoms with E-state index < -0.39 is 5.41 Å². The fourth-order valence-corrected chi connectivity index (χ4v) is 3.41. The van der Waals surface area contributed by atoms with Crippen molar-refractivity contribution in [3.8, 4) is 0 Å². The van der Waals surface area contributed by atoms with Crippen LogP contribution in [0.2, 0.25) is 0 Å². The molecule has 2 heterocycles. The Morgan fingerprint density at radius 1 is 1.39 bits per heavy atom. The molecule has 1 fully saturated rings. The number of ether oxygens (including phenoxy) is 1. The van der Waals surface area contributed by atoms with Crippen molar-refractivity contribution in [1.82, 2.24) is 10.3 Å². The number of aromatic nitrogens is 1. The molecule has 1 aromatic heterocycles. The van der Waals surface area contributed by atoms with E-state index in [2.05, 4.69) is 31.1 Å². The molecular formula is C16H25N3O3S. The summed E-state index contributed by atoms with van der Waals surface area (Å²) >= 11 is 1.57. The van der Waals surface area contributed by atoms with Crippen molar-refractivity contribution >= 4 is 23.2 Å². The summed E-state index contributed by atoms with van der Waals surface area (Å²) in [4.78, 5) is 28.4. The largest absolute Gasteiger partial charge is 0.381 e. The zero-order chi connectivity index (χ0) is 17.1. The maximum atomic E-state index is 12.1. The molecule has 2 amide bonds. The van der Waals surface area contributed by atoms with Gasteiger partial charge in [0.2, 0.25) is 11.8 Å². The van der Waals surface area contributed by atoms with E-state index in [0.717, 1.165) is 10.7 Å². The molecule has 0 aromatic carbocycles. The quantitative estimate of drug-likeness (QED) is 0.847. The molecule has 0 bridgehead atoms. The van der Waals surface area contributed by atoms with Crippen molar-refractivity contribution in [1.29, 1.82) is 0 Å². The summed E-state index contributed by atoms with van der Waals surface area (Å²) in [7, 11) is 0. The van der Waals surface area contributed by atoms with Crippen LogP contribution in [-0.2, 0) is 26.2 Å². The van der Waals surface area contributed by atoms with Crippen LogP contribution in [0.4, 0.5) is 0 Å². The van der Waals surface area contributed by atoms with Gasteiger partial charge in [-0.25, -0.2) is 4.98 Å². The van der Waals surface area contributed by atoms with Gasteiger partial charge in [-0.1, -0.05) is 20.8 Å². The Balaban J connectivity index is 1.91. The molecule has 0 aliphatic carbocycles. The van der Waals surface area contributed by atoms with Crippen molar-refractivity contribution in [2.24, 2.45) is 11.1 Å². The van der Waals surface area contributed by atoms with Crippen molar-refractivity contribution in [2.45, 2.75) is 45.4 Å². The second kappa shape index (κ2) is 6.97. The van der Waals surface area contributed by atoms with E-state index in [0.29, 0.717) is 26.1 Å². The molecule has 0 atom stereocenters. The van der Waals surface area contributed by atoms with E-state index in [1.807, 2.05) is 5.38 Å². The van der Waals surface area contributed by atoms with Crippen molar-refractivity contribution in [3.05, 3.63) is 16.1 Å². The molecule has 7 heteroatoms. The SMILES string of the molecule is CC(C)(C)c1nc(CC(=O)NCC2(C(N)=O)CCOCC2)cs1. The highest BCUT2D eigenvalue weighted by molar-refractivity contribution is 7.09. The first-order chi connectivity index (χ1) is 10.7. The van der Waals surface area contributed by atoms with Gasteiger partial charge in [-0.15, -0.1) is 11.3 Å². The monoisotopic (exact) mass is 339 g/mol. The van der Waals surface area contributed by atoms with Gasteiger partial charge in [0.15, 0.2) is 0 Å². The van der Waals surface area contributed by atoms with Crippen LogP contribution in [0, 0.1) is 5.41 Å². The maximum Gasteiger partial charge on any atom is 0.226 e. The molecule has 23 heavy (non-hydrogen) atoms. The number of carbonyl (C=O) groups excluding carboxylic acids is 2. The minimum atomic E-state index is -0.688. The molecule has 2 rings (SSSR count). The fraction of sp³-hybridized carbons (Fsp3) is 0.688. The van der Waals surface area contributed by atoms with Crippen LogP contribution < -0.4 is 11.1 Å². The first kappa shape index (κ1) is 17.9. The van der Waals surface area contributed by atoms with Crippen LogP contribution in [-0.4, -0.2) is 36.6 Å². The summed E-state index contributed by atoms with van der Waals surface area (Å²) in [6.07, 6.45) is 1.32. The summed E-state index contributed by atoms with van der Waals surface area (Å²) in [6, 6.07) is 0. The van der Waals surface area contributed by atoms with Crippen molar-refractivity contribution < 1.29 is 14.3 Å². The van der Waals surface area contributed by atoms with Crippen LogP contribution in [0.15, 0.2) is 5.38 Å². The summed E-state index contributed by atoms with van der Waals surface area (Å²) in [5.74, 6) is -0.507. The Morgan fingerprint density at radius 3 is 2.57 bits per heavy atom. The van der Waals surface area contributed by atoms with Gasteiger partial charge in [-0.05, 0) is 12.8 Å². The van der Waals surface area contributed by atoms with E-state index in [1.54, 1.807) is 11.3 Å². The Morgan fingerprint density at radius 2 is 2.04 bits per heavy atom. The number of hydrogen-bond acceptors (Lipinski definition) is 5. The summed E-state index contributed by atoms with van der Waals surface area (Å²) < 4.78 is 5.28. The first-order valence-electron chi connectivity index (χ1n) is 7.82. The van der Waals surface area contributed by atoms with Crippen molar-refractivity contribution in [3.63, 3.8) is 0 Å². The van der Waals surface area contributed by atoms with Gasteiger partial charge in [0.25, 0.3) is 0 Å². The number of nitrogens with zero attached hydrogens (tertiary/aromatic N) is 1. The standard InChI is InChI=1S/C16H25N3O3S/c1-15(2,3)14-19-11(9-23-14)8-12(20)18-10-16(13(17)21)4-6-22-7-5-16/h9H,4-8,10H2,1-3H3,(H2,17,21)(H,18,20). The van der Waals surface area contributed by atoms with Gasteiger partial charge < -0.3 is 15.8 Å². The Labute approximate surface area is 140 Å². The van der Waals surface area contributed by atoms with Gasteiger partial charge in [0.05, 0.1) is 22.5 Å². The predicted octanol–water partition coefficient (Wildman–Crippen LogP) is 1.38. The van der Waals surface area contributed by atoms with Gasteiger partial charge in [-0.3, -0.25) is 9.59 Å². The Bertz CT molecular complexity index is 571. The van der Waals surface area contributed by atoms with Crippen molar-refractivity contribution in [2.75, 3.05) is 19.8 Å². The van der Waals surface area contributed by atoms with Crippen LogP contribution in [0.1, 0.15) is 44.3 Å². The highest BCUT2D eigenvalue weighted by Gasteiger charge is 2.38. The highest BCUT2D eigenvalue weighted by atomic mass is 32.1. The molecule has 1 aromatic rings. The number of primary amides is 1. The highest BCUT2D eigenvalue weighted by Crippen LogP contribution is 2.29. The third kappa shape index (κ3) is 4.51. The third-order valence-corrected chi connectivity index (χ3v) is 5.45. The average molecular weight is 339 g/mol. The van der Waals surface area contributed by atoms with Crippen LogP contribution in [0.5, 0.6) is 0 Å². The summed E-state index contributed by atoms with van der Waals surface area (Å²) in [5.41, 5.74) is 5.59. The molecule has 0 saturated carbocycles. The number of rotatable bonds is 5. The fourth-order valence-electron chi connectivity index (χ4n) is 2.50. The molecule has 6 nitrogen and oxygen atoms in total. The van der Waals surface area contributed by atoms with Gasteiger partial charge >= 0.3 is 0 Å². The maximum absolute atomic E-state index is 12.1. The van der Waals surface area contributed by atoms with Crippen LogP contribution in [0.3, 0.4) is 0 Å². The molecule has 0 spiro atoms. The number of thiazole rings is 1. The topological polar surface area (TPSA) is 94.3 Å². The lowest BCUT2D eigenvalue weighted by Crippen LogP contribution is -2.49. The van der Waals surface area contributed by atoms with E-state index in [1.165, 1.54) is 0 Å². The van der Waals surface area contributed by atoms with E-state index in [4.69, 9.17) is 10.5 Å². The van der Waals surface area contributed by atoms with Crippen LogP contribution >= 0.6 is 11.3 Å². The zero-order valence-corrected chi connectivity index (χ0v) is 14.8. The zero-order valence-electron chi connectivity index (χ0n) is 14.0. The van der Waals surface area contributed by atoms with E-state index >= 15 is 0 Å². The normalized spacial score (nSPS) is 17.7. The number of amides is 2. The lowest BCUT2D eigenvalue weighted by atomic mass is 9.79. The number of nitrogens with two attached hydrogens (primary N) is 1.